The van der Waals surface area contributed by atoms with Crippen molar-refractivity contribution in [2.45, 2.75) is 63.8 Å². The van der Waals surface area contributed by atoms with Gasteiger partial charge >= 0.3 is 12.1 Å². The van der Waals surface area contributed by atoms with Gasteiger partial charge in [-0.3, -0.25) is 9.59 Å². The summed E-state index contributed by atoms with van der Waals surface area (Å²) in [5, 5.41) is 14.4. The lowest BCUT2D eigenvalue weighted by atomic mass is 9.85. The number of nitrogens with two attached hydrogens (primary N) is 1. The van der Waals surface area contributed by atoms with Gasteiger partial charge in [-0.25, -0.2) is 14.0 Å². The number of carboxylic acid groups (broad SMARTS) is 1. The number of hydrogen-bond donors (Lipinski definition) is 4. The van der Waals surface area contributed by atoms with Gasteiger partial charge in [0.25, 0.3) is 5.91 Å². The van der Waals surface area contributed by atoms with Gasteiger partial charge in [0.05, 0.1) is 11.1 Å². The molecule has 3 atom stereocenters. The molecule has 2 aromatic carbocycles. The molecule has 0 radical (unpaired) electrons. The molecule has 10 nitrogen and oxygen atoms in total. The van der Waals surface area contributed by atoms with Crippen molar-refractivity contribution in [1.82, 2.24) is 10.6 Å². The van der Waals surface area contributed by atoms with E-state index in [9.17, 15) is 28.7 Å². The summed E-state index contributed by atoms with van der Waals surface area (Å²) in [4.78, 5) is 49.9. The third kappa shape index (κ3) is 7.83. The number of carbonyl (C=O) groups is 4. The molecule has 0 saturated heterocycles. The number of unbranched alkanes of at least 4 members (excludes halogenated alkanes) is 1. The van der Waals surface area contributed by atoms with Gasteiger partial charge in [-0.2, -0.15) is 0 Å². The Morgan fingerprint density at radius 1 is 1.15 bits per heavy atom. The Balaban J connectivity index is 0.00000560. The first-order valence-corrected chi connectivity index (χ1v) is 12.7. The fraction of sp³-hybridized carbons (Fsp3) is 0.407. The molecule has 1 aliphatic rings. The monoisotopic (exact) mass is 599 g/mol. The summed E-state index contributed by atoms with van der Waals surface area (Å²) in [6, 6.07) is 5.87. The number of amides is 2. The fourth-order valence-electron chi connectivity index (χ4n) is 4.28. The van der Waals surface area contributed by atoms with Crippen LogP contribution in [0.3, 0.4) is 0 Å². The van der Waals surface area contributed by atoms with Crippen molar-refractivity contribution in [1.29, 1.82) is 0 Å². The SMILES string of the molecule is CC(=O)c1ccc2c(c1)[C@@H](NC(=O)c1ccc(F)c(Cl)c1)[C@H](OC(=O)N[C@@H](CCCCN)C(=O)O)C(C)(C)O2.Cl. The molecule has 0 aliphatic carbocycles. The van der Waals surface area contributed by atoms with Gasteiger partial charge in [0, 0.05) is 16.7 Å². The molecule has 0 spiro atoms. The van der Waals surface area contributed by atoms with E-state index >= 15 is 0 Å². The van der Waals surface area contributed by atoms with Crippen LogP contribution in [0.25, 0.3) is 0 Å². The Morgan fingerprint density at radius 3 is 2.42 bits per heavy atom. The van der Waals surface area contributed by atoms with Crippen LogP contribution in [-0.2, 0) is 9.53 Å². The minimum absolute atomic E-state index is 0. The smallest absolute Gasteiger partial charge is 0.408 e. The normalized spacial score (nSPS) is 17.8. The van der Waals surface area contributed by atoms with E-state index in [2.05, 4.69) is 10.6 Å². The predicted octanol–water partition coefficient (Wildman–Crippen LogP) is 4.42. The van der Waals surface area contributed by atoms with Gasteiger partial charge in [-0.15, -0.1) is 12.4 Å². The number of hydrogen-bond acceptors (Lipinski definition) is 7. The lowest BCUT2D eigenvalue weighted by Gasteiger charge is -2.44. The molecule has 1 heterocycles. The lowest BCUT2D eigenvalue weighted by molar-refractivity contribution is -0.139. The van der Waals surface area contributed by atoms with E-state index in [1.807, 2.05) is 0 Å². The Bertz CT molecular complexity index is 1270. The molecule has 5 N–H and O–H groups in total. The summed E-state index contributed by atoms with van der Waals surface area (Å²) in [5.41, 5.74) is 5.00. The third-order valence-electron chi connectivity index (χ3n) is 6.35. The summed E-state index contributed by atoms with van der Waals surface area (Å²) < 4.78 is 25.5. The van der Waals surface area contributed by atoms with E-state index in [1.54, 1.807) is 26.0 Å². The summed E-state index contributed by atoms with van der Waals surface area (Å²) in [7, 11) is 0. The van der Waals surface area contributed by atoms with Gasteiger partial charge in [-0.1, -0.05) is 11.6 Å². The number of nitrogens with one attached hydrogen (secondary N) is 2. The number of carbonyl (C=O) groups excluding carboxylic acids is 3. The molecular weight excluding hydrogens is 568 g/mol. The first-order valence-electron chi connectivity index (χ1n) is 12.3. The molecule has 2 amide bonds. The van der Waals surface area contributed by atoms with E-state index in [4.69, 9.17) is 26.8 Å². The Kier molecular flexibility index (Phi) is 11.3. The zero-order valence-electron chi connectivity index (χ0n) is 22.2. The van der Waals surface area contributed by atoms with Crippen molar-refractivity contribution in [3.05, 3.63) is 63.9 Å². The fourth-order valence-corrected chi connectivity index (χ4v) is 4.46. The second-order valence-electron chi connectivity index (χ2n) is 9.74. The van der Waals surface area contributed by atoms with Crippen molar-refractivity contribution in [3.8, 4) is 5.75 Å². The zero-order chi connectivity index (χ0) is 28.9. The maximum Gasteiger partial charge on any atom is 0.408 e. The molecule has 0 aromatic heterocycles. The Labute approximate surface area is 242 Å². The first-order chi connectivity index (χ1) is 18.3. The largest absolute Gasteiger partial charge is 0.484 e. The quantitative estimate of drug-likeness (QED) is 0.231. The summed E-state index contributed by atoms with van der Waals surface area (Å²) in [6.45, 7) is 5.03. The van der Waals surface area contributed by atoms with Crippen LogP contribution in [0.5, 0.6) is 5.75 Å². The second kappa shape index (κ2) is 13.8. The minimum atomic E-state index is -1.24. The predicted molar refractivity (Wildman–Crippen MR) is 148 cm³/mol. The van der Waals surface area contributed by atoms with Crippen LogP contribution in [0.15, 0.2) is 36.4 Å². The molecule has 0 saturated carbocycles. The van der Waals surface area contributed by atoms with Crippen LogP contribution in [-0.4, -0.2) is 53.2 Å². The highest BCUT2D eigenvalue weighted by molar-refractivity contribution is 6.31. The standard InChI is InChI=1S/C27H31ClFN3O7.ClH/c1-14(33)15-8-10-21-17(12-15)22(32-24(34)16-7-9-19(29)18(28)13-16)23(27(2,3)39-21)38-26(37)31-20(25(35)36)6-4-5-11-30;/h7-10,12-13,20,22-23H,4-6,11,30H2,1-3H3,(H,31,37)(H,32,34)(H,35,36);1H/t20-,22+,23-;/m0./s1. The van der Waals surface area contributed by atoms with Gasteiger partial charge in [-0.05, 0) is 83.0 Å². The highest BCUT2D eigenvalue weighted by Gasteiger charge is 2.48. The molecule has 13 heteroatoms. The number of halogens is 3. The minimum Gasteiger partial charge on any atom is -0.484 e. The maximum atomic E-state index is 13.7. The van der Waals surface area contributed by atoms with Crippen LogP contribution >= 0.6 is 24.0 Å². The van der Waals surface area contributed by atoms with Gasteiger partial charge in [0.1, 0.15) is 23.2 Å². The molecule has 3 rings (SSSR count). The Hall–Kier alpha value is -3.41. The first kappa shape index (κ1) is 32.8. The molecule has 218 valence electrons. The van der Waals surface area contributed by atoms with Crippen LogP contribution in [0.1, 0.15) is 72.4 Å². The van der Waals surface area contributed by atoms with Crippen LogP contribution in [0.4, 0.5) is 9.18 Å². The Morgan fingerprint density at radius 2 is 1.82 bits per heavy atom. The van der Waals surface area contributed by atoms with Crippen molar-refractivity contribution in [2.24, 2.45) is 5.73 Å². The molecular formula is C27H32Cl2FN3O7. The number of ketones is 1. The highest BCUT2D eigenvalue weighted by atomic mass is 35.5. The molecule has 1 aliphatic heterocycles. The van der Waals surface area contributed by atoms with E-state index in [0.717, 1.165) is 12.1 Å². The average molecular weight is 600 g/mol. The van der Waals surface area contributed by atoms with E-state index < -0.39 is 47.6 Å². The maximum absolute atomic E-state index is 13.7. The average Bonchev–Trinajstić information content (AvgIpc) is 2.86. The third-order valence-corrected chi connectivity index (χ3v) is 6.64. The lowest BCUT2D eigenvalue weighted by Crippen LogP contribution is -2.57. The van der Waals surface area contributed by atoms with Crippen molar-refractivity contribution in [3.63, 3.8) is 0 Å². The molecule has 0 bridgehead atoms. The number of Topliss-reactive ketones (excluding diaryl/α,β-unsaturated/α-hetero) is 1. The van der Waals surface area contributed by atoms with Gasteiger partial charge < -0.3 is 30.9 Å². The van der Waals surface area contributed by atoms with E-state index in [-0.39, 0.29) is 35.2 Å². The van der Waals surface area contributed by atoms with Crippen molar-refractivity contribution in [2.75, 3.05) is 6.54 Å². The van der Waals surface area contributed by atoms with Gasteiger partial charge in [0.15, 0.2) is 11.9 Å². The van der Waals surface area contributed by atoms with Crippen LogP contribution in [0, 0.1) is 5.82 Å². The molecule has 0 fully saturated rings. The highest BCUT2D eigenvalue weighted by Crippen LogP contribution is 2.42. The number of fused-ring (bicyclic) bond motifs is 1. The summed E-state index contributed by atoms with van der Waals surface area (Å²) in [5.74, 6) is -2.49. The zero-order valence-corrected chi connectivity index (χ0v) is 23.7. The molecule has 0 unspecified atom stereocenters. The van der Waals surface area contributed by atoms with Gasteiger partial charge in [0.2, 0.25) is 0 Å². The number of benzene rings is 2. The van der Waals surface area contributed by atoms with Crippen molar-refractivity contribution < 1.29 is 38.1 Å². The summed E-state index contributed by atoms with van der Waals surface area (Å²) in [6.07, 6.45) is -1.01. The summed E-state index contributed by atoms with van der Waals surface area (Å²) >= 11 is 5.85. The number of ether oxygens (including phenoxy) is 2. The number of aliphatic carboxylic acids is 1. The molecule has 2 aromatic rings. The van der Waals surface area contributed by atoms with Crippen LogP contribution in [0.2, 0.25) is 5.02 Å². The number of carboxylic acids is 1. The number of rotatable bonds is 10. The van der Waals surface area contributed by atoms with Crippen LogP contribution < -0.4 is 21.1 Å². The van der Waals surface area contributed by atoms with E-state index in [0.29, 0.717) is 36.3 Å². The van der Waals surface area contributed by atoms with Crippen molar-refractivity contribution >= 4 is 47.8 Å². The second-order valence-corrected chi connectivity index (χ2v) is 10.1. The van der Waals surface area contributed by atoms with E-state index in [1.165, 1.54) is 19.1 Å². The molecule has 40 heavy (non-hydrogen) atoms. The number of alkyl carbamates (subject to hydrolysis) is 1. The topological polar surface area (TPSA) is 157 Å².